The maximum Gasteiger partial charge on any atom is 0.337 e. The number of ether oxygens (including phenoxy) is 1. The predicted molar refractivity (Wildman–Crippen MR) is 114 cm³/mol. The molecule has 0 saturated heterocycles. The number of dihydropyridines is 1. The fourth-order valence-electron chi connectivity index (χ4n) is 4.78. The maximum atomic E-state index is 13.4. The SMILES string of the molecule is CC1=C(C(=O)O[C@@H]2C[C@H](C)CC[C@H]2C(C)C)[C@@H](c2ccccn2)C([N+](=O)[O-])=C(C)N1. The summed E-state index contributed by atoms with van der Waals surface area (Å²) in [5.41, 5.74) is 1.66. The summed E-state index contributed by atoms with van der Waals surface area (Å²) < 4.78 is 6.05. The summed E-state index contributed by atoms with van der Waals surface area (Å²) in [7, 11) is 0. The van der Waals surface area contributed by atoms with Crippen molar-refractivity contribution in [1.82, 2.24) is 10.3 Å². The van der Waals surface area contributed by atoms with Crippen molar-refractivity contribution >= 4 is 5.97 Å². The first-order valence-corrected chi connectivity index (χ1v) is 10.7. The molecule has 1 saturated carbocycles. The molecule has 7 nitrogen and oxygen atoms in total. The van der Waals surface area contributed by atoms with E-state index in [4.69, 9.17) is 4.74 Å². The van der Waals surface area contributed by atoms with E-state index < -0.39 is 16.8 Å². The number of nitrogens with zero attached hydrogens (tertiary/aromatic N) is 2. The third kappa shape index (κ3) is 4.40. The van der Waals surface area contributed by atoms with Gasteiger partial charge in [-0.25, -0.2) is 4.79 Å². The maximum absolute atomic E-state index is 13.4. The summed E-state index contributed by atoms with van der Waals surface area (Å²) in [5, 5.41) is 14.9. The third-order valence-electron chi connectivity index (χ3n) is 6.35. The Morgan fingerprint density at radius 2 is 2.00 bits per heavy atom. The van der Waals surface area contributed by atoms with Crippen LogP contribution in [0.1, 0.15) is 65.5 Å². The first-order valence-electron chi connectivity index (χ1n) is 10.7. The van der Waals surface area contributed by atoms with Crippen LogP contribution in [0.2, 0.25) is 0 Å². The summed E-state index contributed by atoms with van der Waals surface area (Å²) in [4.78, 5) is 29.2. The van der Waals surface area contributed by atoms with Crippen LogP contribution in [0.15, 0.2) is 47.1 Å². The predicted octanol–water partition coefficient (Wildman–Crippen LogP) is 4.55. The summed E-state index contributed by atoms with van der Waals surface area (Å²) in [6.07, 6.45) is 4.37. The lowest BCUT2D eigenvalue weighted by Gasteiger charge is -2.37. The van der Waals surface area contributed by atoms with Crippen molar-refractivity contribution in [2.45, 2.75) is 65.9 Å². The molecule has 1 N–H and O–H groups in total. The molecule has 0 unspecified atom stereocenters. The molecule has 1 aromatic rings. The number of pyridine rings is 1. The summed E-state index contributed by atoms with van der Waals surface area (Å²) >= 11 is 0. The van der Waals surface area contributed by atoms with Gasteiger partial charge in [0.2, 0.25) is 0 Å². The van der Waals surface area contributed by atoms with Crippen molar-refractivity contribution in [2.24, 2.45) is 17.8 Å². The average molecular weight is 414 g/mol. The molecule has 1 fully saturated rings. The molecule has 2 aliphatic rings. The van der Waals surface area contributed by atoms with Gasteiger partial charge in [0, 0.05) is 11.9 Å². The van der Waals surface area contributed by atoms with Gasteiger partial charge >= 0.3 is 5.97 Å². The average Bonchev–Trinajstić information content (AvgIpc) is 2.67. The van der Waals surface area contributed by atoms with Crippen LogP contribution in [0.5, 0.6) is 0 Å². The van der Waals surface area contributed by atoms with E-state index in [0.717, 1.165) is 19.3 Å². The summed E-state index contributed by atoms with van der Waals surface area (Å²) in [6.45, 7) is 9.90. The lowest BCUT2D eigenvalue weighted by Crippen LogP contribution is -2.38. The van der Waals surface area contributed by atoms with Crippen molar-refractivity contribution in [2.75, 3.05) is 0 Å². The van der Waals surface area contributed by atoms with Crippen molar-refractivity contribution in [3.05, 3.63) is 62.9 Å². The molecule has 1 aliphatic heterocycles. The molecular weight excluding hydrogens is 382 g/mol. The highest BCUT2D eigenvalue weighted by Crippen LogP contribution is 2.40. The van der Waals surface area contributed by atoms with Crippen LogP contribution in [0.3, 0.4) is 0 Å². The van der Waals surface area contributed by atoms with Crippen molar-refractivity contribution in [1.29, 1.82) is 0 Å². The first-order chi connectivity index (χ1) is 14.2. The van der Waals surface area contributed by atoms with Gasteiger partial charge < -0.3 is 10.1 Å². The molecular formula is C23H31N3O4. The van der Waals surface area contributed by atoms with Crippen LogP contribution in [0.4, 0.5) is 0 Å². The van der Waals surface area contributed by atoms with Crippen molar-refractivity contribution in [3.8, 4) is 0 Å². The molecule has 4 atom stereocenters. The fraction of sp³-hybridized carbons (Fsp3) is 0.565. The van der Waals surface area contributed by atoms with Crippen molar-refractivity contribution in [3.63, 3.8) is 0 Å². The summed E-state index contributed by atoms with van der Waals surface area (Å²) in [6, 6.07) is 5.23. The zero-order valence-electron chi connectivity index (χ0n) is 18.3. The number of aromatic nitrogens is 1. The zero-order chi connectivity index (χ0) is 22.0. The molecule has 0 aromatic carbocycles. The normalized spacial score (nSPS) is 27.1. The number of allylic oxidation sites excluding steroid dienone is 3. The highest BCUT2D eigenvalue weighted by molar-refractivity contribution is 5.92. The van der Waals surface area contributed by atoms with E-state index in [9.17, 15) is 14.9 Å². The Kier molecular flexibility index (Phi) is 6.58. The molecule has 30 heavy (non-hydrogen) atoms. The van der Waals surface area contributed by atoms with Gasteiger partial charge in [0.15, 0.2) is 0 Å². The Hall–Kier alpha value is -2.70. The van der Waals surface area contributed by atoms with E-state index in [1.807, 2.05) is 0 Å². The fourth-order valence-corrected chi connectivity index (χ4v) is 4.78. The number of esters is 1. The number of rotatable bonds is 5. The molecule has 3 rings (SSSR count). The number of hydrogen-bond acceptors (Lipinski definition) is 6. The van der Waals surface area contributed by atoms with Gasteiger partial charge in [-0.3, -0.25) is 15.1 Å². The minimum absolute atomic E-state index is 0.0660. The van der Waals surface area contributed by atoms with Gasteiger partial charge in [-0.05, 0) is 56.6 Å². The highest BCUT2D eigenvalue weighted by atomic mass is 16.6. The van der Waals surface area contributed by atoms with Crippen LogP contribution in [-0.4, -0.2) is 22.0 Å². The molecule has 0 spiro atoms. The Morgan fingerprint density at radius 1 is 1.27 bits per heavy atom. The third-order valence-corrected chi connectivity index (χ3v) is 6.35. The van der Waals surface area contributed by atoms with Gasteiger partial charge in [-0.15, -0.1) is 0 Å². The van der Waals surface area contributed by atoms with Crippen LogP contribution in [0, 0.1) is 27.9 Å². The first kappa shape index (κ1) is 22.0. The van der Waals surface area contributed by atoms with E-state index in [-0.39, 0.29) is 17.4 Å². The van der Waals surface area contributed by atoms with Gasteiger partial charge in [0.05, 0.1) is 21.9 Å². The second-order valence-corrected chi connectivity index (χ2v) is 8.89. The van der Waals surface area contributed by atoms with Crippen LogP contribution < -0.4 is 5.32 Å². The summed E-state index contributed by atoms with van der Waals surface area (Å²) in [5.74, 6) is -0.178. The van der Waals surface area contributed by atoms with Crippen LogP contribution in [0.25, 0.3) is 0 Å². The van der Waals surface area contributed by atoms with Gasteiger partial charge in [0.25, 0.3) is 5.70 Å². The minimum Gasteiger partial charge on any atom is -0.459 e. The van der Waals surface area contributed by atoms with E-state index >= 15 is 0 Å². The van der Waals surface area contributed by atoms with E-state index in [2.05, 4.69) is 31.1 Å². The van der Waals surface area contributed by atoms with Gasteiger partial charge in [-0.1, -0.05) is 33.3 Å². The Morgan fingerprint density at radius 3 is 2.60 bits per heavy atom. The van der Waals surface area contributed by atoms with Crippen LogP contribution in [-0.2, 0) is 9.53 Å². The molecule has 1 aromatic heterocycles. The molecule has 2 heterocycles. The monoisotopic (exact) mass is 413 g/mol. The van der Waals surface area contributed by atoms with Crippen LogP contribution >= 0.6 is 0 Å². The second-order valence-electron chi connectivity index (χ2n) is 8.89. The minimum atomic E-state index is -0.867. The Labute approximate surface area is 177 Å². The number of carbonyl (C=O) groups is 1. The zero-order valence-corrected chi connectivity index (χ0v) is 18.3. The Bertz CT molecular complexity index is 876. The molecule has 162 valence electrons. The quantitative estimate of drug-likeness (QED) is 0.432. The topological polar surface area (TPSA) is 94.4 Å². The number of nitrogens with one attached hydrogen (secondary N) is 1. The molecule has 7 heteroatoms. The lowest BCUT2D eigenvalue weighted by atomic mass is 9.75. The highest BCUT2D eigenvalue weighted by Gasteiger charge is 2.43. The lowest BCUT2D eigenvalue weighted by molar-refractivity contribution is -0.431. The molecule has 0 bridgehead atoms. The molecule has 0 amide bonds. The van der Waals surface area contributed by atoms with Gasteiger partial charge in [0.1, 0.15) is 12.0 Å². The van der Waals surface area contributed by atoms with Crippen molar-refractivity contribution < 1.29 is 14.5 Å². The van der Waals surface area contributed by atoms with E-state index in [1.165, 1.54) is 0 Å². The largest absolute Gasteiger partial charge is 0.459 e. The standard InChI is InChI=1S/C23H31N3O4/c1-13(2)17-10-9-14(3)12-19(17)30-23(27)20-15(4)25-16(5)22(26(28)29)21(20)18-8-6-7-11-24-18/h6-8,11,13-14,17,19,21,25H,9-10,12H2,1-5H3/t14-,17+,19-,21-/m1/s1. The molecule has 1 aliphatic carbocycles. The Balaban J connectivity index is 1.98. The second kappa shape index (κ2) is 8.98. The molecule has 0 radical (unpaired) electrons. The number of hydrogen-bond donors (Lipinski definition) is 1. The van der Waals surface area contributed by atoms with E-state index in [0.29, 0.717) is 34.8 Å². The number of nitro groups is 1. The van der Waals surface area contributed by atoms with Gasteiger partial charge in [-0.2, -0.15) is 0 Å². The van der Waals surface area contributed by atoms with E-state index in [1.54, 1.807) is 38.2 Å². The number of carbonyl (C=O) groups excluding carboxylic acids is 1. The smallest absolute Gasteiger partial charge is 0.337 e.